The highest BCUT2D eigenvalue weighted by Crippen LogP contribution is 2.48. The van der Waals surface area contributed by atoms with Gasteiger partial charge in [-0.05, 0) is 24.7 Å². The summed E-state index contributed by atoms with van der Waals surface area (Å²) < 4.78 is 26.4. The Balaban J connectivity index is 2.10. The van der Waals surface area contributed by atoms with E-state index in [0.29, 0.717) is 12.0 Å². The standard InChI is InChI=1S/C9H20N2O3S/c1-14-6-4-9(2-3-9)8-11-5-7-15(10,12)13/h11H,2-8H2,1H3,(H2,10,12,13). The number of methoxy groups -OCH3 is 1. The van der Waals surface area contributed by atoms with Crippen LogP contribution in [-0.2, 0) is 14.8 Å². The quantitative estimate of drug-likeness (QED) is 0.566. The van der Waals surface area contributed by atoms with E-state index >= 15 is 0 Å². The zero-order valence-electron chi connectivity index (χ0n) is 9.16. The van der Waals surface area contributed by atoms with Crippen LogP contribution in [0, 0.1) is 5.41 Å². The maximum Gasteiger partial charge on any atom is 0.210 e. The molecule has 1 fully saturated rings. The molecule has 0 heterocycles. The van der Waals surface area contributed by atoms with Gasteiger partial charge in [-0.1, -0.05) is 0 Å². The first-order valence-electron chi connectivity index (χ1n) is 5.18. The zero-order chi connectivity index (χ0) is 11.4. The first kappa shape index (κ1) is 12.9. The Hall–Kier alpha value is -0.170. The van der Waals surface area contributed by atoms with Gasteiger partial charge in [0, 0.05) is 26.8 Å². The van der Waals surface area contributed by atoms with Crippen LogP contribution < -0.4 is 10.5 Å². The molecule has 0 bridgehead atoms. The second-order valence-electron chi connectivity index (χ2n) is 4.29. The van der Waals surface area contributed by atoms with Crippen molar-refractivity contribution in [3.63, 3.8) is 0 Å². The second-order valence-corrected chi connectivity index (χ2v) is 6.02. The van der Waals surface area contributed by atoms with Gasteiger partial charge in [0.15, 0.2) is 0 Å². The van der Waals surface area contributed by atoms with Crippen molar-refractivity contribution in [1.29, 1.82) is 0 Å². The van der Waals surface area contributed by atoms with E-state index in [4.69, 9.17) is 9.88 Å². The molecule has 90 valence electrons. The summed E-state index contributed by atoms with van der Waals surface area (Å²) in [5.74, 6) is 0.00730. The molecule has 0 unspecified atom stereocenters. The van der Waals surface area contributed by atoms with E-state index in [0.717, 1.165) is 19.6 Å². The molecule has 0 amide bonds. The molecule has 6 heteroatoms. The van der Waals surface area contributed by atoms with Crippen molar-refractivity contribution < 1.29 is 13.2 Å². The first-order chi connectivity index (χ1) is 6.97. The molecule has 0 aliphatic heterocycles. The predicted molar refractivity (Wildman–Crippen MR) is 59.0 cm³/mol. The van der Waals surface area contributed by atoms with E-state index in [1.54, 1.807) is 7.11 Å². The fraction of sp³-hybridized carbons (Fsp3) is 1.00. The Labute approximate surface area is 91.4 Å². The largest absolute Gasteiger partial charge is 0.385 e. The monoisotopic (exact) mass is 236 g/mol. The third-order valence-electron chi connectivity index (χ3n) is 2.86. The zero-order valence-corrected chi connectivity index (χ0v) is 9.98. The highest BCUT2D eigenvalue weighted by atomic mass is 32.2. The molecule has 1 saturated carbocycles. The highest BCUT2D eigenvalue weighted by Gasteiger charge is 2.41. The van der Waals surface area contributed by atoms with E-state index < -0.39 is 10.0 Å². The predicted octanol–water partition coefficient (Wildman–Crippen LogP) is -0.319. The molecule has 1 rings (SSSR count). The van der Waals surface area contributed by atoms with Gasteiger partial charge in [0.05, 0.1) is 5.75 Å². The van der Waals surface area contributed by atoms with E-state index in [2.05, 4.69) is 5.32 Å². The minimum absolute atomic E-state index is 0.00730. The van der Waals surface area contributed by atoms with Gasteiger partial charge in [0.1, 0.15) is 0 Å². The number of hydrogen-bond acceptors (Lipinski definition) is 4. The lowest BCUT2D eigenvalue weighted by Gasteiger charge is -2.14. The van der Waals surface area contributed by atoms with E-state index in [1.807, 2.05) is 0 Å². The van der Waals surface area contributed by atoms with Crippen molar-refractivity contribution in [3.05, 3.63) is 0 Å². The third kappa shape index (κ3) is 5.46. The van der Waals surface area contributed by atoms with Gasteiger partial charge in [-0.15, -0.1) is 0 Å². The Bertz CT molecular complexity index is 286. The average molecular weight is 236 g/mol. The molecule has 5 nitrogen and oxygen atoms in total. The molecule has 0 aromatic rings. The minimum atomic E-state index is -3.33. The van der Waals surface area contributed by atoms with Crippen molar-refractivity contribution in [2.24, 2.45) is 10.6 Å². The van der Waals surface area contributed by atoms with Crippen LogP contribution in [0.15, 0.2) is 0 Å². The van der Waals surface area contributed by atoms with Gasteiger partial charge in [-0.25, -0.2) is 13.6 Å². The SMILES string of the molecule is COCCC1(CNCCS(N)(=O)=O)CC1. The molecule has 3 N–H and O–H groups in total. The van der Waals surface area contributed by atoms with Crippen molar-refractivity contribution in [2.45, 2.75) is 19.3 Å². The normalized spacial score (nSPS) is 19.1. The summed E-state index contributed by atoms with van der Waals surface area (Å²) in [6.07, 6.45) is 3.46. The molecule has 0 spiro atoms. The maximum absolute atomic E-state index is 10.7. The van der Waals surface area contributed by atoms with E-state index in [9.17, 15) is 8.42 Å². The third-order valence-corrected chi connectivity index (χ3v) is 3.63. The van der Waals surface area contributed by atoms with Crippen molar-refractivity contribution >= 4 is 10.0 Å². The number of nitrogens with one attached hydrogen (secondary N) is 1. The summed E-state index contributed by atoms with van der Waals surface area (Å²) in [5.41, 5.74) is 0.356. The Kier molecular flexibility index (Phi) is 4.51. The summed E-state index contributed by atoms with van der Waals surface area (Å²) in [4.78, 5) is 0. The van der Waals surface area contributed by atoms with Gasteiger partial charge in [0.25, 0.3) is 0 Å². The molecule has 15 heavy (non-hydrogen) atoms. The molecule has 1 aliphatic rings. The number of ether oxygens (including phenoxy) is 1. The van der Waals surface area contributed by atoms with Crippen LogP contribution in [0.25, 0.3) is 0 Å². The lowest BCUT2D eigenvalue weighted by atomic mass is 10.0. The van der Waals surface area contributed by atoms with Gasteiger partial charge < -0.3 is 10.1 Å². The number of hydrogen-bond donors (Lipinski definition) is 2. The molecular formula is C9H20N2O3S. The minimum Gasteiger partial charge on any atom is -0.385 e. The van der Waals surface area contributed by atoms with Crippen LogP contribution in [0.2, 0.25) is 0 Å². The molecule has 0 saturated heterocycles. The molecular weight excluding hydrogens is 216 g/mol. The summed E-state index contributed by atoms with van der Waals surface area (Å²) >= 11 is 0. The van der Waals surface area contributed by atoms with Crippen LogP contribution >= 0.6 is 0 Å². The number of sulfonamides is 1. The Morgan fingerprint density at radius 2 is 2.13 bits per heavy atom. The average Bonchev–Trinajstić information content (AvgIpc) is 2.89. The van der Waals surface area contributed by atoms with Gasteiger partial charge >= 0.3 is 0 Å². The van der Waals surface area contributed by atoms with Gasteiger partial charge in [-0.3, -0.25) is 0 Å². The molecule has 0 radical (unpaired) electrons. The summed E-state index contributed by atoms with van der Waals surface area (Å²) in [7, 11) is -1.63. The fourth-order valence-electron chi connectivity index (χ4n) is 1.58. The maximum atomic E-state index is 10.7. The van der Waals surface area contributed by atoms with Crippen LogP contribution in [0.1, 0.15) is 19.3 Å². The van der Waals surface area contributed by atoms with E-state index in [1.165, 1.54) is 12.8 Å². The number of rotatable bonds is 8. The topological polar surface area (TPSA) is 81.4 Å². The highest BCUT2D eigenvalue weighted by molar-refractivity contribution is 7.89. The Morgan fingerprint density at radius 3 is 2.60 bits per heavy atom. The summed E-state index contributed by atoms with van der Waals surface area (Å²) in [5, 5.41) is 8.03. The molecule has 0 aromatic carbocycles. The van der Waals surface area contributed by atoms with Gasteiger partial charge in [-0.2, -0.15) is 0 Å². The van der Waals surface area contributed by atoms with Crippen LogP contribution in [0.5, 0.6) is 0 Å². The van der Waals surface area contributed by atoms with Crippen LogP contribution in [0.4, 0.5) is 0 Å². The molecule has 0 atom stereocenters. The van der Waals surface area contributed by atoms with Crippen molar-refractivity contribution in [1.82, 2.24) is 5.32 Å². The molecule has 0 aromatic heterocycles. The second kappa shape index (κ2) is 5.25. The van der Waals surface area contributed by atoms with E-state index in [-0.39, 0.29) is 5.75 Å². The fourth-order valence-corrected chi connectivity index (χ4v) is 2.01. The smallest absolute Gasteiger partial charge is 0.210 e. The lowest BCUT2D eigenvalue weighted by molar-refractivity contribution is 0.171. The van der Waals surface area contributed by atoms with Crippen LogP contribution in [0.3, 0.4) is 0 Å². The summed E-state index contributed by atoms with van der Waals surface area (Å²) in [6.45, 7) is 2.08. The van der Waals surface area contributed by atoms with Crippen molar-refractivity contribution in [3.8, 4) is 0 Å². The first-order valence-corrected chi connectivity index (χ1v) is 6.89. The van der Waals surface area contributed by atoms with Crippen molar-refractivity contribution in [2.75, 3.05) is 32.6 Å². The number of primary sulfonamides is 1. The van der Waals surface area contributed by atoms with Crippen LogP contribution in [-0.4, -0.2) is 41.0 Å². The Morgan fingerprint density at radius 1 is 1.47 bits per heavy atom. The summed E-state index contributed by atoms with van der Waals surface area (Å²) in [6, 6.07) is 0. The lowest BCUT2D eigenvalue weighted by Crippen LogP contribution is -2.31. The molecule has 1 aliphatic carbocycles. The number of nitrogens with two attached hydrogens (primary N) is 1. The van der Waals surface area contributed by atoms with Gasteiger partial charge in [0.2, 0.25) is 10.0 Å².